The summed E-state index contributed by atoms with van der Waals surface area (Å²) in [6, 6.07) is 0. The van der Waals surface area contributed by atoms with E-state index >= 15 is 0 Å². The molecule has 0 saturated carbocycles. The van der Waals surface area contributed by atoms with E-state index in [2.05, 4.69) is 0 Å². The summed E-state index contributed by atoms with van der Waals surface area (Å²) in [5.41, 5.74) is 0. The van der Waals surface area contributed by atoms with Crippen molar-refractivity contribution in [2.45, 2.75) is 8.63 Å². The lowest BCUT2D eigenvalue weighted by molar-refractivity contribution is 0.654. The second kappa shape index (κ2) is 4.69. The lowest BCUT2D eigenvalue weighted by atomic mass is 10.2. The van der Waals surface area contributed by atoms with Gasteiger partial charge in [-0.15, -0.1) is 34.8 Å². The van der Waals surface area contributed by atoms with Crippen LogP contribution in [0.25, 0.3) is 0 Å². The highest BCUT2D eigenvalue weighted by atomic mass is 35.6. The van der Waals surface area contributed by atoms with Gasteiger partial charge in [0.1, 0.15) is 4.84 Å². The molecule has 1 unspecified atom stereocenters. The summed E-state index contributed by atoms with van der Waals surface area (Å²) >= 11 is 32.8. The first kappa shape index (κ1) is 11.7. The molecule has 0 aliphatic rings. The van der Waals surface area contributed by atoms with Gasteiger partial charge in [0, 0.05) is 11.8 Å². The van der Waals surface area contributed by atoms with Crippen LogP contribution in [-0.2, 0) is 0 Å². The molecule has 0 spiro atoms. The molecule has 0 rings (SSSR count). The molecule has 0 radical (unpaired) electrons. The van der Waals surface area contributed by atoms with Crippen molar-refractivity contribution in [3.05, 3.63) is 0 Å². The van der Waals surface area contributed by atoms with E-state index in [1.807, 2.05) is 0 Å². The molecule has 1 atom stereocenters. The van der Waals surface area contributed by atoms with Crippen LogP contribution in [0, 0.1) is 5.92 Å². The quantitative estimate of drug-likeness (QED) is 0.661. The number of halogens is 6. The summed E-state index contributed by atoms with van der Waals surface area (Å²) in [5.74, 6) is -0.420. The minimum Gasteiger partial charge on any atom is -0.126 e. The zero-order chi connectivity index (χ0) is 8.36. The van der Waals surface area contributed by atoms with Gasteiger partial charge in [-0.05, 0) is 0 Å². The fraction of sp³-hybridized carbons (Fsp3) is 1.00. The average Bonchev–Trinajstić information content (AvgIpc) is 1.60. The largest absolute Gasteiger partial charge is 0.197 e. The molecule has 6 heteroatoms. The second-order valence-corrected chi connectivity index (χ2v) is 5.48. The van der Waals surface area contributed by atoms with Gasteiger partial charge in [0.25, 0.3) is 0 Å². The van der Waals surface area contributed by atoms with E-state index < -0.39 is 14.5 Å². The highest BCUT2D eigenvalue weighted by Crippen LogP contribution is 2.40. The van der Waals surface area contributed by atoms with Gasteiger partial charge in [0.15, 0.2) is 3.79 Å². The lowest BCUT2D eigenvalue weighted by Crippen LogP contribution is -2.26. The first-order valence-corrected chi connectivity index (χ1v) is 4.84. The van der Waals surface area contributed by atoms with Gasteiger partial charge in [-0.1, -0.05) is 34.8 Å². The third kappa shape index (κ3) is 3.94. The molecular weight excluding hydrogens is 261 g/mol. The topological polar surface area (TPSA) is 0 Å². The summed E-state index contributed by atoms with van der Waals surface area (Å²) < 4.78 is -1.49. The van der Waals surface area contributed by atoms with Crippen LogP contribution in [0.5, 0.6) is 0 Å². The lowest BCUT2D eigenvalue weighted by Gasteiger charge is -2.22. The van der Waals surface area contributed by atoms with Gasteiger partial charge >= 0.3 is 0 Å². The fourth-order valence-electron chi connectivity index (χ4n) is 0.298. The summed E-state index contributed by atoms with van der Waals surface area (Å²) in [6.45, 7) is 0. The van der Waals surface area contributed by atoms with Gasteiger partial charge in [-0.3, -0.25) is 0 Å². The molecule has 62 valence electrons. The Bertz CT molecular complexity index is 94.4. The highest BCUT2D eigenvalue weighted by Gasteiger charge is 2.36. The summed E-state index contributed by atoms with van der Waals surface area (Å²) in [5, 5.41) is 0. The highest BCUT2D eigenvalue weighted by molar-refractivity contribution is 6.68. The van der Waals surface area contributed by atoms with Crippen molar-refractivity contribution in [3.63, 3.8) is 0 Å². The monoisotopic (exact) mass is 262 g/mol. The Labute approximate surface area is 89.7 Å². The molecule has 0 aromatic heterocycles. The van der Waals surface area contributed by atoms with E-state index in [1.165, 1.54) is 0 Å². The first-order chi connectivity index (χ1) is 4.39. The van der Waals surface area contributed by atoms with E-state index in [0.717, 1.165) is 0 Å². The van der Waals surface area contributed by atoms with Crippen molar-refractivity contribution >= 4 is 69.6 Å². The van der Waals surface area contributed by atoms with Gasteiger partial charge in [0.2, 0.25) is 0 Å². The van der Waals surface area contributed by atoms with Crippen molar-refractivity contribution in [2.24, 2.45) is 5.92 Å². The van der Waals surface area contributed by atoms with Crippen LogP contribution in [0.15, 0.2) is 0 Å². The van der Waals surface area contributed by atoms with E-state index in [4.69, 9.17) is 69.6 Å². The van der Waals surface area contributed by atoms with Gasteiger partial charge in [0.05, 0.1) is 0 Å². The number of rotatable bonds is 2. The maximum Gasteiger partial charge on any atom is 0.197 e. The Balaban J connectivity index is 4.07. The summed E-state index contributed by atoms with van der Waals surface area (Å²) in [6.07, 6.45) is 0. The maximum atomic E-state index is 5.47. The molecule has 0 N–H and O–H groups in total. The molecular formula is C4H4Cl6. The Morgan fingerprint density at radius 2 is 1.50 bits per heavy atom. The van der Waals surface area contributed by atoms with E-state index in [9.17, 15) is 0 Å². The third-order valence-corrected chi connectivity index (χ3v) is 2.67. The van der Waals surface area contributed by atoms with E-state index in [1.54, 1.807) is 0 Å². The number of alkyl halides is 6. The molecule has 0 fully saturated rings. The van der Waals surface area contributed by atoms with Gasteiger partial charge < -0.3 is 0 Å². The normalized spacial score (nSPS) is 15.9. The predicted molar refractivity (Wildman–Crippen MR) is 50.0 cm³/mol. The molecule has 0 aliphatic heterocycles. The summed E-state index contributed by atoms with van der Waals surface area (Å²) in [7, 11) is 0. The third-order valence-electron chi connectivity index (χ3n) is 0.891. The molecule has 0 saturated heterocycles. The van der Waals surface area contributed by atoms with Crippen LogP contribution >= 0.6 is 69.6 Å². The van der Waals surface area contributed by atoms with Gasteiger partial charge in [-0.2, -0.15) is 0 Å². The van der Waals surface area contributed by atoms with Gasteiger partial charge in [-0.25, -0.2) is 0 Å². The molecule has 0 aromatic carbocycles. The van der Waals surface area contributed by atoms with Crippen molar-refractivity contribution in [1.82, 2.24) is 0 Å². The van der Waals surface area contributed by atoms with Crippen LogP contribution in [-0.4, -0.2) is 14.5 Å². The zero-order valence-electron chi connectivity index (χ0n) is 4.63. The standard InChI is InChI=1S/C4H4Cl6/c5-1-2(3(6)7)4(8,9)10/h2-3H,1H2. The second-order valence-electron chi connectivity index (χ2n) is 1.64. The van der Waals surface area contributed by atoms with E-state index in [0.29, 0.717) is 0 Å². The van der Waals surface area contributed by atoms with Crippen molar-refractivity contribution in [2.75, 3.05) is 5.88 Å². The van der Waals surface area contributed by atoms with Crippen LogP contribution in [0.1, 0.15) is 0 Å². The van der Waals surface area contributed by atoms with Crippen LogP contribution in [0.4, 0.5) is 0 Å². The minimum absolute atomic E-state index is 0.119. The van der Waals surface area contributed by atoms with Crippen LogP contribution < -0.4 is 0 Å². The fourth-order valence-corrected chi connectivity index (χ4v) is 2.68. The Kier molecular flexibility index (Phi) is 5.51. The number of hydrogen-bond donors (Lipinski definition) is 0. The average molecular weight is 265 g/mol. The molecule has 0 bridgehead atoms. The summed E-state index contributed by atoms with van der Waals surface area (Å²) in [4.78, 5) is -0.759. The van der Waals surface area contributed by atoms with Crippen LogP contribution in [0.2, 0.25) is 0 Å². The molecule has 0 heterocycles. The number of hydrogen-bond acceptors (Lipinski definition) is 0. The van der Waals surface area contributed by atoms with E-state index in [-0.39, 0.29) is 5.88 Å². The SMILES string of the molecule is ClCC(C(Cl)Cl)C(Cl)(Cl)Cl. The van der Waals surface area contributed by atoms with Crippen molar-refractivity contribution < 1.29 is 0 Å². The molecule has 10 heavy (non-hydrogen) atoms. The zero-order valence-corrected chi connectivity index (χ0v) is 9.17. The Morgan fingerprint density at radius 3 is 1.50 bits per heavy atom. The Morgan fingerprint density at radius 1 is 1.10 bits per heavy atom. The van der Waals surface area contributed by atoms with Crippen molar-refractivity contribution in [3.8, 4) is 0 Å². The first-order valence-electron chi connectivity index (χ1n) is 2.30. The van der Waals surface area contributed by atoms with Crippen LogP contribution in [0.3, 0.4) is 0 Å². The molecule has 0 aromatic rings. The van der Waals surface area contributed by atoms with Crippen molar-refractivity contribution in [1.29, 1.82) is 0 Å². The Hall–Kier alpha value is 1.74. The molecule has 0 amide bonds. The molecule has 0 aliphatic carbocycles. The minimum atomic E-state index is -1.49. The molecule has 0 nitrogen and oxygen atoms in total. The smallest absolute Gasteiger partial charge is 0.126 e. The maximum absolute atomic E-state index is 5.47. The predicted octanol–water partition coefficient (Wildman–Crippen LogP) is 4.02.